The molecular weight excluding hydrogens is 478 g/mol. The zero-order valence-electron chi connectivity index (χ0n) is 22.0. The lowest BCUT2D eigenvalue weighted by Crippen LogP contribution is -2.46. The molecule has 0 saturated heterocycles. The minimum Gasteiger partial charge on any atom is -0.496 e. The van der Waals surface area contributed by atoms with Crippen LogP contribution in [-0.4, -0.2) is 34.1 Å². The van der Waals surface area contributed by atoms with Gasteiger partial charge in [-0.2, -0.15) is 0 Å². The molecule has 7 nitrogen and oxygen atoms in total. The van der Waals surface area contributed by atoms with E-state index in [1.165, 1.54) is 51.7 Å². The van der Waals surface area contributed by atoms with Gasteiger partial charge in [0.05, 0.1) is 7.11 Å². The van der Waals surface area contributed by atoms with Crippen LogP contribution in [0.1, 0.15) is 77.0 Å². The lowest BCUT2D eigenvalue weighted by molar-refractivity contribution is -0.0570. The van der Waals surface area contributed by atoms with Crippen molar-refractivity contribution < 1.29 is 19.4 Å². The van der Waals surface area contributed by atoms with E-state index in [2.05, 4.69) is 10.3 Å². The molecule has 0 spiro atoms. The van der Waals surface area contributed by atoms with E-state index in [4.69, 9.17) is 9.72 Å². The molecule has 198 valence electrons. The first-order valence-corrected chi connectivity index (χ1v) is 13.7. The molecule has 38 heavy (non-hydrogen) atoms. The number of aryl methyl sites for hydroxylation is 2. The molecule has 4 fully saturated rings. The van der Waals surface area contributed by atoms with Crippen LogP contribution in [0.5, 0.6) is 5.75 Å². The van der Waals surface area contributed by atoms with Crippen LogP contribution in [0.2, 0.25) is 0 Å². The molecule has 0 atom stereocenters. The molecule has 1 aromatic heterocycles. The second-order valence-electron chi connectivity index (χ2n) is 11.8. The van der Waals surface area contributed by atoms with E-state index in [1.54, 1.807) is 12.1 Å². The largest absolute Gasteiger partial charge is 0.496 e. The Bertz CT molecular complexity index is 1360. The standard InChI is InChI=1S/C31H35N3O4/c1-18-5-3-4-6-23(18)28-33-25(9-10-31-15-19-11-20(16-31)13-21(12-19)17-31)27(34-28)29(35)32-22-7-8-26(38-2)24(14-22)30(36)37/h3-8,14,19-21H,9-13,15-17H2,1-2H3,(H,32,35)(H,33,34)(H,36,37). The SMILES string of the molecule is COc1ccc(NC(=O)c2nc(-c3ccccc3C)[nH]c2CCC23CC4CC(CC(C4)C2)C3)cc1C(=O)O. The molecule has 7 heteroatoms. The normalized spacial score (nSPS) is 25.4. The highest BCUT2D eigenvalue weighted by Gasteiger charge is 2.50. The average molecular weight is 514 g/mol. The van der Waals surface area contributed by atoms with Gasteiger partial charge in [0.15, 0.2) is 0 Å². The first-order chi connectivity index (χ1) is 18.3. The maximum atomic E-state index is 13.6. The summed E-state index contributed by atoms with van der Waals surface area (Å²) in [5.41, 5.74) is 4.06. The van der Waals surface area contributed by atoms with Crippen LogP contribution < -0.4 is 10.1 Å². The van der Waals surface area contributed by atoms with Crippen LogP contribution in [-0.2, 0) is 6.42 Å². The van der Waals surface area contributed by atoms with Crippen molar-refractivity contribution >= 4 is 17.6 Å². The van der Waals surface area contributed by atoms with Crippen molar-refractivity contribution in [3.05, 3.63) is 65.0 Å². The van der Waals surface area contributed by atoms with Crippen LogP contribution in [0.3, 0.4) is 0 Å². The third-order valence-electron chi connectivity index (χ3n) is 9.15. The molecule has 1 amide bonds. The molecule has 4 aliphatic carbocycles. The number of rotatable bonds is 8. The fourth-order valence-corrected chi connectivity index (χ4v) is 7.87. The third kappa shape index (κ3) is 4.59. The first-order valence-electron chi connectivity index (χ1n) is 13.7. The molecule has 1 heterocycles. The fraction of sp³-hybridized carbons (Fsp3) is 0.452. The topological polar surface area (TPSA) is 104 Å². The Kier molecular flexibility index (Phi) is 6.25. The monoisotopic (exact) mass is 513 g/mol. The Balaban J connectivity index is 1.29. The van der Waals surface area contributed by atoms with Gasteiger partial charge in [-0.05, 0) is 105 Å². The van der Waals surface area contributed by atoms with Crippen molar-refractivity contribution in [2.75, 3.05) is 12.4 Å². The summed E-state index contributed by atoms with van der Waals surface area (Å²) >= 11 is 0. The van der Waals surface area contributed by atoms with Crippen molar-refractivity contribution in [2.24, 2.45) is 23.2 Å². The van der Waals surface area contributed by atoms with E-state index < -0.39 is 5.97 Å². The zero-order chi connectivity index (χ0) is 26.4. The highest BCUT2D eigenvalue weighted by Crippen LogP contribution is 2.61. The number of hydrogen-bond acceptors (Lipinski definition) is 4. The van der Waals surface area contributed by atoms with Gasteiger partial charge < -0.3 is 20.1 Å². The number of carboxylic acids is 1. The summed E-state index contributed by atoms with van der Waals surface area (Å²) < 4.78 is 5.16. The van der Waals surface area contributed by atoms with E-state index in [-0.39, 0.29) is 17.2 Å². The number of nitrogens with one attached hydrogen (secondary N) is 2. The van der Waals surface area contributed by atoms with Gasteiger partial charge in [0.1, 0.15) is 22.8 Å². The molecule has 4 saturated carbocycles. The number of ether oxygens (including phenoxy) is 1. The maximum Gasteiger partial charge on any atom is 0.339 e. The Labute approximate surface area is 223 Å². The summed E-state index contributed by atoms with van der Waals surface area (Å²) in [4.78, 5) is 33.5. The first kappa shape index (κ1) is 24.7. The van der Waals surface area contributed by atoms with Crippen LogP contribution in [0, 0.1) is 30.1 Å². The van der Waals surface area contributed by atoms with Crippen molar-refractivity contribution in [1.82, 2.24) is 9.97 Å². The molecule has 4 aliphatic rings. The number of aromatic nitrogens is 2. The number of imidazole rings is 1. The van der Waals surface area contributed by atoms with E-state index in [0.717, 1.165) is 47.4 Å². The lowest BCUT2D eigenvalue weighted by atomic mass is 9.48. The maximum absolute atomic E-state index is 13.6. The number of carbonyl (C=O) groups excluding carboxylic acids is 1. The van der Waals surface area contributed by atoms with E-state index in [9.17, 15) is 14.7 Å². The number of carboxylic acid groups (broad SMARTS) is 1. The van der Waals surface area contributed by atoms with Crippen molar-refractivity contribution in [3.63, 3.8) is 0 Å². The molecule has 4 bridgehead atoms. The van der Waals surface area contributed by atoms with Gasteiger partial charge in [-0.1, -0.05) is 24.3 Å². The highest BCUT2D eigenvalue weighted by atomic mass is 16.5. The fourth-order valence-electron chi connectivity index (χ4n) is 7.87. The van der Waals surface area contributed by atoms with E-state index >= 15 is 0 Å². The molecule has 0 radical (unpaired) electrons. The molecule has 3 N–H and O–H groups in total. The van der Waals surface area contributed by atoms with Crippen molar-refractivity contribution in [2.45, 2.75) is 58.3 Å². The predicted octanol–water partition coefficient (Wildman–Crippen LogP) is 6.49. The smallest absolute Gasteiger partial charge is 0.339 e. The van der Waals surface area contributed by atoms with Gasteiger partial charge in [-0.15, -0.1) is 0 Å². The van der Waals surface area contributed by atoms with Gasteiger partial charge in [0, 0.05) is 16.9 Å². The van der Waals surface area contributed by atoms with Crippen molar-refractivity contribution in [1.29, 1.82) is 0 Å². The highest BCUT2D eigenvalue weighted by molar-refractivity contribution is 6.05. The zero-order valence-corrected chi connectivity index (χ0v) is 22.0. The second-order valence-corrected chi connectivity index (χ2v) is 11.8. The Hall–Kier alpha value is -3.61. The minimum absolute atomic E-state index is 0.00466. The number of nitrogens with zero attached hydrogens (tertiary/aromatic N) is 1. The van der Waals surface area contributed by atoms with E-state index in [0.29, 0.717) is 22.6 Å². The summed E-state index contributed by atoms with van der Waals surface area (Å²) in [7, 11) is 1.42. The van der Waals surface area contributed by atoms with Crippen LogP contribution >= 0.6 is 0 Å². The van der Waals surface area contributed by atoms with E-state index in [1.807, 2.05) is 31.2 Å². The summed E-state index contributed by atoms with van der Waals surface area (Å²) in [5.74, 6) is 2.12. The number of H-pyrrole nitrogens is 1. The predicted molar refractivity (Wildman–Crippen MR) is 146 cm³/mol. The number of aromatic amines is 1. The van der Waals surface area contributed by atoms with Crippen LogP contribution in [0.15, 0.2) is 42.5 Å². The Morgan fingerprint density at radius 1 is 1.08 bits per heavy atom. The second kappa shape index (κ2) is 9.61. The molecule has 0 aliphatic heterocycles. The average Bonchev–Trinajstić information content (AvgIpc) is 3.31. The lowest BCUT2D eigenvalue weighted by Gasteiger charge is -2.57. The van der Waals surface area contributed by atoms with Gasteiger partial charge in [0.2, 0.25) is 0 Å². The number of carbonyl (C=O) groups is 2. The van der Waals surface area contributed by atoms with Gasteiger partial charge in [-0.25, -0.2) is 9.78 Å². The third-order valence-corrected chi connectivity index (χ3v) is 9.15. The molecule has 3 aromatic rings. The summed E-state index contributed by atoms with van der Waals surface area (Å²) in [5, 5.41) is 12.4. The Morgan fingerprint density at radius 2 is 1.76 bits per heavy atom. The van der Waals surface area contributed by atoms with Gasteiger partial charge in [-0.3, -0.25) is 4.79 Å². The summed E-state index contributed by atoms with van der Waals surface area (Å²) in [6.45, 7) is 2.04. The minimum atomic E-state index is -1.11. The molecule has 7 rings (SSSR count). The van der Waals surface area contributed by atoms with Crippen LogP contribution in [0.4, 0.5) is 5.69 Å². The number of aromatic carboxylic acids is 1. The number of amides is 1. The number of methoxy groups -OCH3 is 1. The van der Waals surface area contributed by atoms with Crippen LogP contribution in [0.25, 0.3) is 11.4 Å². The summed E-state index contributed by atoms with van der Waals surface area (Å²) in [6.07, 6.45) is 10.0. The van der Waals surface area contributed by atoms with Crippen molar-refractivity contribution in [3.8, 4) is 17.1 Å². The number of hydrogen-bond donors (Lipinski definition) is 3. The molecule has 2 aromatic carbocycles. The summed E-state index contributed by atoms with van der Waals surface area (Å²) in [6, 6.07) is 12.6. The quantitative estimate of drug-likeness (QED) is 0.319. The Morgan fingerprint density at radius 3 is 2.39 bits per heavy atom. The number of benzene rings is 2. The number of anilines is 1. The van der Waals surface area contributed by atoms with Gasteiger partial charge in [0.25, 0.3) is 5.91 Å². The molecule has 0 unspecified atom stereocenters. The van der Waals surface area contributed by atoms with Gasteiger partial charge >= 0.3 is 5.97 Å². The molecular formula is C31H35N3O4.